The molecule has 0 radical (unpaired) electrons. The molecule has 0 spiro atoms. The summed E-state index contributed by atoms with van der Waals surface area (Å²) < 4.78 is 5.20. The molecule has 0 aliphatic carbocycles. The van der Waals surface area contributed by atoms with Crippen molar-refractivity contribution in [2.75, 3.05) is 13.1 Å². The fraction of sp³-hybridized carbons (Fsp3) is 0.636. The zero-order valence-corrected chi connectivity index (χ0v) is 9.26. The Morgan fingerprint density at radius 1 is 1.36 bits per heavy atom. The molecule has 1 heterocycles. The van der Waals surface area contributed by atoms with Gasteiger partial charge in [0.2, 0.25) is 0 Å². The van der Waals surface area contributed by atoms with E-state index in [2.05, 4.69) is 24.5 Å². The van der Waals surface area contributed by atoms with E-state index in [0.29, 0.717) is 6.04 Å². The summed E-state index contributed by atoms with van der Waals surface area (Å²) in [5, 5.41) is 6.72. The van der Waals surface area contributed by atoms with Crippen LogP contribution >= 0.6 is 0 Å². The second-order valence-corrected chi connectivity index (χ2v) is 3.79. The Morgan fingerprint density at radius 3 is 2.71 bits per heavy atom. The zero-order valence-electron chi connectivity index (χ0n) is 9.26. The van der Waals surface area contributed by atoms with Crippen molar-refractivity contribution in [2.24, 2.45) is 0 Å². The van der Waals surface area contributed by atoms with Crippen LogP contribution in [0.5, 0.6) is 0 Å². The Kier molecular flexibility index (Phi) is 4.70. The molecule has 1 aromatic rings. The van der Waals surface area contributed by atoms with Gasteiger partial charge in [-0.15, -0.1) is 0 Å². The van der Waals surface area contributed by atoms with Crippen molar-refractivity contribution in [2.45, 2.75) is 33.4 Å². The van der Waals surface area contributed by atoms with Gasteiger partial charge in [0.25, 0.3) is 0 Å². The minimum Gasteiger partial charge on any atom is -0.469 e. The lowest BCUT2D eigenvalue weighted by atomic mass is 10.2. The van der Waals surface area contributed by atoms with E-state index in [1.807, 2.05) is 13.0 Å². The van der Waals surface area contributed by atoms with Crippen molar-refractivity contribution >= 4 is 0 Å². The third kappa shape index (κ3) is 3.94. The van der Waals surface area contributed by atoms with Crippen LogP contribution in [0, 0.1) is 6.92 Å². The highest BCUT2D eigenvalue weighted by molar-refractivity contribution is 5.14. The topological polar surface area (TPSA) is 37.2 Å². The third-order valence-corrected chi connectivity index (χ3v) is 2.14. The van der Waals surface area contributed by atoms with E-state index >= 15 is 0 Å². The van der Waals surface area contributed by atoms with Gasteiger partial charge < -0.3 is 15.1 Å². The predicted molar refractivity (Wildman–Crippen MR) is 58.3 cm³/mol. The highest BCUT2D eigenvalue weighted by atomic mass is 16.3. The van der Waals surface area contributed by atoms with Gasteiger partial charge in [0.05, 0.1) is 6.26 Å². The maximum absolute atomic E-state index is 5.20. The van der Waals surface area contributed by atoms with Gasteiger partial charge in [0, 0.05) is 31.2 Å². The molecular weight excluding hydrogens is 176 g/mol. The second kappa shape index (κ2) is 5.83. The standard InChI is InChI=1S/C11H20N2O/c1-9(2)13-6-5-12-8-11-4-7-14-10(11)3/h4,7,9,12-13H,5-6,8H2,1-3H3. The van der Waals surface area contributed by atoms with Crippen molar-refractivity contribution in [1.29, 1.82) is 0 Å². The molecule has 1 rings (SSSR count). The Labute approximate surface area is 85.9 Å². The Morgan fingerprint density at radius 2 is 2.14 bits per heavy atom. The molecule has 1 aromatic heterocycles. The Bertz CT molecular complexity index is 256. The highest BCUT2D eigenvalue weighted by Gasteiger charge is 1.99. The molecule has 0 saturated carbocycles. The SMILES string of the molecule is Cc1occc1CNCCNC(C)C. The molecule has 3 nitrogen and oxygen atoms in total. The number of aryl methyl sites for hydroxylation is 1. The van der Waals surface area contributed by atoms with Crippen molar-refractivity contribution in [3.8, 4) is 0 Å². The van der Waals surface area contributed by atoms with Gasteiger partial charge in [0.15, 0.2) is 0 Å². The van der Waals surface area contributed by atoms with E-state index in [-0.39, 0.29) is 0 Å². The molecule has 0 atom stereocenters. The van der Waals surface area contributed by atoms with E-state index in [9.17, 15) is 0 Å². The summed E-state index contributed by atoms with van der Waals surface area (Å²) >= 11 is 0. The van der Waals surface area contributed by atoms with E-state index in [4.69, 9.17) is 4.42 Å². The maximum atomic E-state index is 5.20. The molecule has 0 aromatic carbocycles. The smallest absolute Gasteiger partial charge is 0.105 e. The largest absolute Gasteiger partial charge is 0.469 e. The fourth-order valence-corrected chi connectivity index (χ4v) is 1.27. The molecule has 2 N–H and O–H groups in total. The highest BCUT2D eigenvalue weighted by Crippen LogP contribution is 2.07. The summed E-state index contributed by atoms with van der Waals surface area (Å²) in [5.74, 6) is 1.01. The summed E-state index contributed by atoms with van der Waals surface area (Å²) in [7, 11) is 0. The Hall–Kier alpha value is -0.800. The van der Waals surface area contributed by atoms with Gasteiger partial charge in [-0.05, 0) is 13.0 Å². The van der Waals surface area contributed by atoms with Crippen molar-refractivity contribution < 1.29 is 4.42 Å². The lowest BCUT2D eigenvalue weighted by Gasteiger charge is -2.08. The first kappa shape index (κ1) is 11.3. The van der Waals surface area contributed by atoms with E-state index in [1.165, 1.54) is 5.56 Å². The lowest BCUT2D eigenvalue weighted by molar-refractivity contribution is 0.522. The average molecular weight is 196 g/mol. The monoisotopic (exact) mass is 196 g/mol. The van der Waals surface area contributed by atoms with Crippen LogP contribution < -0.4 is 10.6 Å². The van der Waals surface area contributed by atoms with Gasteiger partial charge >= 0.3 is 0 Å². The molecule has 0 amide bonds. The molecule has 0 aliphatic heterocycles. The summed E-state index contributed by atoms with van der Waals surface area (Å²) in [6.45, 7) is 9.18. The van der Waals surface area contributed by atoms with Gasteiger partial charge in [-0.2, -0.15) is 0 Å². The minimum atomic E-state index is 0.562. The quantitative estimate of drug-likeness (QED) is 0.680. The van der Waals surface area contributed by atoms with Crippen LogP contribution in [0.4, 0.5) is 0 Å². The van der Waals surface area contributed by atoms with Gasteiger partial charge in [-0.25, -0.2) is 0 Å². The van der Waals surface area contributed by atoms with Crippen LogP contribution in [0.1, 0.15) is 25.2 Å². The van der Waals surface area contributed by atoms with Gasteiger partial charge in [0.1, 0.15) is 5.76 Å². The summed E-state index contributed by atoms with van der Waals surface area (Å²) in [5.41, 5.74) is 1.24. The van der Waals surface area contributed by atoms with Gasteiger partial charge in [-0.1, -0.05) is 13.8 Å². The predicted octanol–water partition coefficient (Wildman–Crippen LogP) is 1.68. The maximum Gasteiger partial charge on any atom is 0.105 e. The third-order valence-electron chi connectivity index (χ3n) is 2.14. The first-order valence-electron chi connectivity index (χ1n) is 5.17. The lowest BCUT2D eigenvalue weighted by Crippen LogP contribution is -2.31. The van der Waals surface area contributed by atoms with E-state index < -0.39 is 0 Å². The van der Waals surface area contributed by atoms with Crippen LogP contribution in [0.25, 0.3) is 0 Å². The molecule has 3 heteroatoms. The molecule has 0 aliphatic rings. The summed E-state index contributed by atoms with van der Waals surface area (Å²) in [6.07, 6.45) is 1.73. The molecule has 0 fully saturated rings. The van der Waals surface area contributed by atoms with E-state index in [1.54, 1.807) is 6.26 Å². The molecule has 14 heavy (non-hydrogen) atoms. The van der Waals surface area contributed by atoms with Crippen LogP contribution in [0.2, 0.25) is 0 Å². The molecule has 0 unspecified atom stereocenters. The number of rotatable bonds is 6. The number of hydrogen-bond donors (Lipinski definition) is 2. The molecule has 0 bridgehead atoms. The van der Waals surface area contributed by atoms with Crippen LogP contribution in [0.3, 0.4) is 0 Å². The fourth-order valence-electron chi connectivity index (χ4n) is 1.27. The minimum absolute atomic E-state index is 0.562. The normalized spacial score (nSPS) is 11.1. The van der Waals surface area contributed by atoms with Crippen molar-refractivity contribution in [1.82, 2.24) is 10.6 Å². The number of nitrogens with one attached hydrogen (secondary N) is 2. The number of hydrogen-bond acceptors (Lipinski definition) is 3. The van der Waals surface area contributed by atoms with E-state index in [0.717, 1.165) is 25.4 Å². The molecular formula is C11H20N2O. The van der Waals surface area contributed by atoms with Gasteiger partial charge in [-0.3, -0.25) is 0 Å². The van der Waals surface area contributed by atoms with Crippen molar-refractivity contribution in [3.05, 3.63) is 23.7 Å². The molecule has 0 saturated heterocycles. The summed E-state index contributed by atoms with van der Waals surface area (Å²) in [4.78, 5) is 0. The zero-order chi connectivity index (χ0) is 10.4. The summed E-state index contributed by atoms with van der Waals surface area (Å²) in [6, 6.07) is 2.57. The van der Waals surface area contributed by atoms with Crippen LogP contribution in [0.15, 0.2) is 16.7 Å². The first-order chi connectivity index (χ1) is 6.70. The first-order valence-corrected chi connectivity index (χ1v) is 5.17. The average Bonchev–Trinajstić information content (AvgIpc) is 2.51. The molecule has 80 valence electrons. The van der Waals surface area contributed by atoms with Crippen molar-refractivity contribution in [3.63, 3.8) is 0 Å². The number of furan rings is 1. The second-order valence-electron chi connectivity index (χ2n) is 3.79. The van der Waals surface area contributed by atoms with Crippen LogP contribution in [-0.2, 0) is 6.54 Å². The van der Waals surface area contributed by atoms with Crippen LogP contribution in [-0.4, -0.2) is 19.1 Å². The Balaban J connectivity index is 2.08.